The van der Waals surface area contributed by atoms with Gasteiger partial charge in [0.15, 0.2) is 0 Å². The monoisotopic (exact) mass is 497 g/mol. The lowest BCUT2D eigenvalue weighted by Gasteiger charge is -2.12. The molecule has 0 radical (unpaired) electrons. The maximum Gasteiger partial charge on any atom is 0.416 e. The molecule has 0 aliphatic carbocycles. The second-order valence-electron chi connectivity index (χ2n) is 7.45. The zero-order valence-electron chi connectivity index (χ0n) is 18.8. The van der Waals surface area contributed by atoms with Crippen molar-refractivity contribution in [1.82, 2.24) is 15.0 Å². The number of anilines is 2. The summed E-state index contributed by atoms with van der Waals surface area (Å²) in [6.45, 7) is 2.61. The Hall–Kier alpha value is -4.54. The van der Waals surface area contributed by atoms with Crippen LogP contribution in [0.2, 0.25) is 0 Å². The third-order valence-corrected chi connectivity index (χ3v) is 4.92. The minimum Gasteiger partial charge on any atom is -0.438 e. The summed E-state index contributed by atoms with van der Waals surface area (Å²) >= 11 is 0. The Bertz CT molecular complexity index is 1390. The summed E-state index contributed by atoms with van der Waals surface area (Å²) in [6.07, 6.45) is -1.77. The Labute approximate surface area is 203 Å². The van der Waals surface area contributed by atoms with Crippen molar-refractivity contribution in [2.24, 2.45) is 0 Å². The number of rotatable bonds is 7. The molecule has 0 spiro atoms. The highest BCUT2D eigenvalue weighted by atomic mass is 19.4. The molecule has 0 saturated carbocycles. The molecule has 2 heterocycles. The van der Waals surface area contributed by atoms with Crippen LogP contribution in [0.3, 0.4) is 0 Å². The fourth-order valence-corrected chi connectivity index (χ4v) is 3.27. The van der Waals surface area contributed by atoms with Gasteiger partial charge in [-0.15, -0.1) is 0 Å². The zero-order valence-corrected chi connectivity index (χ0v) is 18.8. The number of nitrogens with one attached hydrogen (secondary N) is 2. The second kappa shape index (κ2) is 10.4. The van der Waals surface area contributed by atoms with Crippen LogP contribution in [-0.4, -0.2) is 27.4 Å². The fraction of sp³-hybridized carbons (Fsp3) is 0.120. The average Bonchev–Trinajstić information content (AvgIpc) is 2.84. The highest BCUT2D eigenvalue weighted by molar-refractivity contribution is 6.04. The molecule has 0 unspecified atom stereocenters. The Morgan fingerprint density at radius 2 is 1.83 bits per heavy atom. The van der Waals surface area contributed by atoms with Gasteiger partial charge in [0.1, 0.15) is 23.7 Å². The number of ether oxygens (including phenoxy) is 1. The quantitative estimate of drug-likeness (QED) is 0.297. The van der Waals surface area contributed by atoms with Crippen molar-refractivity contribution in [3.05, 3.63) is 90.1 Å². The smallest absolute Gasteiger partial charge is 0.416 e. The van der Waals surface area contributed by atoms with E-state index in [-0.39, 0.29) is 17.3 Å². The van der Waals surface area contributed by atoms with Crippen molar-refractivity contribution in [2.75, 3.05) is 17.2 Å². The van der Waals surface area contributed by atoms with Gasteiger partial charge in [0.05, 0.1) is 22.4 Å². The van der Waals surface area contributed by atoms with Gasteiger partial charge in [-0.05, 0) is 49.4 Å². The van der Waals surface area contributed by atoms with E-state index in [1.54, 1.807) is 30.3 Å². The maximum atomic E-state index is 14.1. The van der Waals surface area contributed by atoms with Gasteiger partial charge in [-0.2, -0.15) is 13.2 Å². The molecular formula is C25H19F4N5O2. The molecular weight excluding hydrogens is 478 g/mol. The standard InChI is InChI=1S/C25H19F4N5O2/c1-2-30-22-13-21(32-14-33-22)18-7-4-10-31-24(18)36-17-6-3-5-16(12-17)34-23(35)19-11-15(25(27,28)29)8-9-20(19)26/h3-14H,2H2,1H3,(H,34,35)(H,30,32,33). The van der Waals surface area contributed by atoms with Crippen LogP contribution in [0.15, 0.2) is 73.2 Å². The van der Waals surface area contributed by atoms with E-state index in [1.807, 2.05) is 6.92 Å². The molecule has 184 valence electrons. The summed E-state index contributed by atoms with van der Waals surface area (Å²) in [5.74, 6) is -0.979. The van der Waals surface area contributed by atoms with Gasteiger partial charge in [0.25, 0.3) is 5.91 Å². The summed E-state index contributed by atoms with van der Waals surface area (Å²) in [6, 6.07) is 13.0. The van der Waals surface area contributed by atoms with Crippen molar-refractivity contribution < 1.29 is 27.1 Å². The van der Waals surface area contributed by atoms with Crippen LogP contribution in [0.1, 0.15) is 22.8 Å². The summed E-state index contributed by atoms with van der Waals surface area (Å²) in [5, 5.41) is 5.50. The highest BCUT2D eigenvalue weighted by Gasteiger charge is 2.32. The van der Waals surface area contributed by atoms with Gasteiger partial charge in [-0.25, -0.2) is 19.3 Å². The van der Waals surface area contributed by atoms with E-state index in [0.29, 0.717) is 41.8 Å². The molecule has 36 heavy (non-hydrogen) atoms. The van der Waals surface area contributed by atoms with Crippen molar-refractivity contribution in [3.63, 3.8) is 0 Å². The molecule has 2 aromatic heterocycles. The van der Waals surface area contributed by atoms with Gasteiger partial charge in [-0.3, -0.25) is 4.79 Å². The van der Waals surface area contributed by atoms with Crippen LogP contribution < -0.4 is 15.4 Å². The Morgan fingerprint density at radius 1 is 1.00 bits per heavy atom. The second-order valence-corrected chi connectivity index (χ2v) is 7.45. The molecule has 11 heteroatoms. The number of hydrogen-bond acceptors (Lipinski definition) is 6. The number of carbonyl (C=O) groups excluding carboxylic acids is 1. The lowest BCUT2D eigenvalue weighted by atomic mass is 10.1. The first-order valence-corrected chi connectivity index (χ1v) is 10.7. The van der Waals surface area contributed by atoms with Crippen LogP contribution >= 0.6 is 0 Å². The van der Waals surface area contributed by atoms with Gasteiger partial charge >= 0.3 is 6.18 Å². The van der Waals surface area contributed by atoms with Crippen LogP contribution in [-0.2, 0) is 6.18 Å². The lowest BCUT2D eigenvalue weighted by Crippen LogP contribution is -2.16. The Kier molecular flexibility index (Phi) is 7.09. The third-order valence-electron chi connectivity index (χ3n) is 4.92. The number of pyridine rings is 1. The van der Waals surface area contributed by atoms with Crippen molar-refractivity contribution in [3.8, 4) is 22.9 Å². The molecule has 0 bridgehead atoms. The normalized spacial score (nSPS) is 11.1. The van der Waals surface area contributed by atoms with Gasteiger partial charge in [0.2, 0.25) is 5.88 Å². The Morgan fingerprint density at radius 3 is 2.61 bits per heavy atom. The van der Waals surface area contributed by atoms with E-state index in [9.17, 15) is 22.4 Å². The summed E-state index contributed by atoms with van der Waals surface area (Å²) in [5.41, 5.74) is -0.532. The number of aromatic nitrogens is 3. The number of carbonyl (C=O) groups is 1. The van der Waals surface area contributed by atoms with Crippen LogP contribution in [0, 0.1) is 5.82 Å². The molecule has 0 atom stereocenters. The number of alkyl halides is 3. The van der Waals surface area contributed by atoms with Gasteiger partial charge in [-0.1, -0.05) is 6.07 Å². The molecule has 0 aliphatic rings. The first-order chi connectivity index (χ1) is 17.2. The summed E-state index contributed by atoms with van der Waals surface area (Å²) in [7, 11) is 0. The molecule has 1 amide bonds. The number of benzene rings is 2. The number of amides is 1. The SMILES string of the molecule is CCNc1cc(-c2cccnc2Oc2cccc(NC(=O)c3cc(C(F)(F)F)ccc3F)c2)ncn1. The van der Waals surface area contributed by atoms with E-state index in [4.69, 9.17) is 4.74 Å². The molecule has 0 saturated heterocycles. The minimum absolute atomic E-state index is 0.184. The van der Waals surface area contributed by atoms with Crippen molar-refractivity contribution >= 4 is 17.4 Å². The molecule has 4 aromatic rings. The van der Waals surface area contributed by atoms with Crippen LogP contribution in [0.4, 0.5) is 29.1 Å². The predicted molar refractivity (Wildman–Crippen MR) is 125 cm³/mol. The van der Waals surface area contributed by atoms with Crippen LogP contribution in [0.25, 0.3) is 11.3 Å². The van der Waals surface area contributed by atoms with Crippen LogP contribution in [0.5, 0.6) is 11.6 Å². The molecule has 7 nitrogen and oxygen atoms in total. The van der Waals surface area contributed by atoms with Gasteiger partial charge in [0, 0.05) is 30.6 Å². The topological polar surface area (TPSA) is 89.0 Å². The lowest BCUT2D eigenvalue weighted by molar-refractivity contribution is -0.137. The Balaban J connectivity index is 1.56. The summed E-state index contributed by atoms with van der Waals surface area (Å²) in [4.78, 5) is 25.2. The number of nitrogens with zero attached hydrogens (tertiary/aromatic N) is 3. The molecule has 4 rings (SSSR count). The molecule has 2 aromatic carbocycles. The zero-order chi connectivity index (χ0) is 25.7. The van der Waals surface area contributed by atoms with Crippen molar-refractivity contribution in [1.29, 1.82) is 0 Å². The van der Waals surface area contributed by atoms with E-state index < -0.39 is 29.0 Å². The minimum atomic E-state index is -4.71. The highest BCUT2D eigenvalue weighted by Crippen LogP contribution is 2.33. The largest absolute Gasteiger partial charge is 0.438 e. The number of hydrogen-bond donors (Lipinski definition) is 2. The summed E-state index contributed by atoms with van der Waals surface area (Å²) < 4.78 is 58.9. The van der Waals surface area contributed by atoms with Gasteiger partial charge < -0.3 is 15.4 Å². The van der Waals surface area contributed by atoms with Crippen molar-refractivity contribution in [2.45, 2.75) is 13.1 Å². The average molecular weight is 497 g/mol. The number of halogens is 4. The predicted octanol–water partition coefficient (Wildman–Crippen LogP) is 6.17. The third kappa shape index (κ3) is 5.74. The molecule has 0 fully saturated rings. The van der Waals surface area contributed by atoms with E-state index in [1.165, 1.54) is 24.7 Å². The fourth-order valence-electron chi connectivity index (χ4n) is 3.27. The van der Waals surface area contributed by atoms with E-state index >= 15 is 0 Å². The molecule has 2 N–H and O–H groups in total. The maximum absolute atomic E-state index is 14.1. The van der Waals surface area contributed by atoms with E-state index in [2.05, 4.69) is 25.6 Å². The first kappa shape index (κ1) is 24.6. The first-order valence-electron chi connectivity index (χ1n) is 10.7. The van der Waals surface area contributed by atoms with E-state index in [0.717, 1.165) is 0 Å². The molecule has 0 aliphatic heterocycles.